The summed E-state index contributed by atoms with van der Waals surface area (Å²) < 4.78 is 7.20. The molecule has 0 saturated carbocycles. The summed E-state index contributed by atoms with van der Waals surface area (Å²) in [5, 5.41) is 5.05. The number of benzene rings is 5. The largest absolute Gasteiger partial charge is 0.314 e. The van der Waals surface area contributed by atoms with E-state index in [1.54, 1.807) is 0 Å². The number of hydrogen-bond acceptors (Lipinski definition) is 0. The molecule has 3 heteroatoms. The molecule has 0 amide bonds. The Hall–Kier alpha value is -5.54. The molecule has 4 heterocycles. The molecule has 0 fully saturated rings. The van der Waals surface area contributed by atoms with Gasteiger partial charge in [0.25, 0.3) is 0 Å². The maximum absolute atomic E-state index is 2.43. The van der Waals surface area contributed by atoms with Crippen LogP contribution in [0.1, 0.15) is 0 Å². The van der Waals surface area contributed by atoms with Crippen LogP contribution in [0.2, 0.25) is 0 Å². The third-order valence-electron chi connectivity index (χ3n) is 8.43. The minimum atomic E-state index is 1.16. The van der Waals surface area contributed by atoms with E-state index in [0.29, 0.717) is 0 Å². The standard InChI is InChI=1S/C38H25N3/c1-3-13-26(14-4-1)37-36-31-25-28(40-32-19-9-7-17-29(32)30-18-8-10-20-33(30)40)22-23-34(31)41(27-15-5-2-6-16-27)38(36)35-21-11-12-24-39(35)37/h1-25H. The highest BCUT2D eigenvalue weighted by molar-refractivity contribution is 6.21. The minimum absolute atomic E-state index is 1.16. The van der Waals surface area contributed by atoms with Gasteiger partial charge in [-0.2, -0.15) is 0 Å². The number of aromatic nitrogens is 3. The Morgan fingerprint density at radius 2 is 0.976 bits per heavy atom. The molecule has 9 aromatic rings. The van der Waals surface area contributed by atoms with Crippen molar-refractivity contribution in [3.8, 4) is 22.6 Å². The van der Waals surface area contributed by atoms with Gasteiger partial charge in [0.15, 0.2) is 0 Å². The van der Waals surface area contributed by atoms with Crippen LogP contribution in [0.5, 0.6) is 0 Å². The van der Waals surface area contributed by atoms with Gasteiger partial charge in [-0.1, -0.05) is 91.0 Å². The van der Waals surface area contributed by atoms with Gasteiger partial charge >= 0.3 is 0 Å². The van der Waals surface area contributed by atoms with Crippen LogP contribution in [0.15, 0.2) is 152 Å². The molecule has 192 valence electrons. The van der Waals surface area contributed by atoms with Crippen molar-refractivity contribution in [3.63, 3.8) is 0 Å². The van der Waals surface area contributed by atoms with Crippen LogP contribution in [-0.2, 0) is 0 Å². The monoisotopic (exact) mass is 523 g/mol. The zero-order valence-electron chi connectivity index (χ0n) is 22.3. The fraction of sp³-hybridized carbons (Fsp3) is 0. The van der Waals surface area contributed by atoms with Crippen LogP contribution < -0.4 is 0 Å². The topological polar surface area (TPSA) is 14.3 Å². The highest BCUT2D eigenvalue weighted by Crippen LogP contribution is 2.43. The van der Waals surface area contributed by atoms with Gasteiger partial charge < -0.3 is 13.5 Å². The predicted molar refractivity (Wildman–Crippen MR) is 172 cm³/mol. The number of pyridine rings is 1. The van der Waals surface area contributed by atoms with Gasteiger partial charge in [0, 0.05) is 39.1 Å². The highest BCUT2D eigenvalue weighted by Gasteiger charge is 2.23. The van der Waals surface area contributed by atoms with Gasteiger partial charge in [0.1, 0.15) is 0 Å². The number of para-hydroxylation sites is 3. The molecule has 0 atom stereocenters. The Bertz CT molecular complexity index is 2310. The average molecular weight is 524 g/mol. The lowest BCUT2D eigenvalue weighted by atomic mass is 10.1. The van der Waals surface area contributed by atoms with Gasteiger partial charge in [0.2, 0.25) is 0 Å². The van der Waals surface area contributed by atoms with Crippen molar-refractivity contribution in [2.45, 2.75) is 0 Å². The van der Waals surface area contributed by atoms with Crippen LogP contribution in [0, 0.1) is 0 Å². The van der Waals surface area contributed by atoms with E-state index in [1.165, 1.54) is 60.4 Å². The predicted octanol–water partition coefficient (Wildman–Crippen LogP) is 9.80. The lowest BCUT2D eigenvalue weighted by Crippen LogP contribution is -1.96. The lowest BCUT2D eigenvalue weighted by Gasteiger charge is -2.11. The fourth-order valence-electron chi connectivity index (χ4n) is 6.78. The van der Waals surface area contributed by atoms with Gasteiger partial charge in [-0.15, -0.1) is 0 Å². The Balaban J connectivity index is 1.48. The highest BCUT2D eigenvalue weighted by atomic mass is 15.0. The summed E-state index contributed by atoms with van der Waals surface area (Å²) in [5.41, 5.74) is 10.8. The molecule has 0 bridgehead atoms. The summed E-state index contributed by atoms with van der Waals surface area (Å²) in [6.45, 7) is 0. The second-order valence-corrected chi connectivity index (χ2v) is 10.6. The van der Waals surface area contributed by atoms with E-state index in [2.05, 4.69) is 165 Å². The molecular formula is C38H25N3. The van der Waals surface area contributed by atoms with E-state index in [-0.39, 0.29) is 0 Å². The van der Waals surface area contributed by atoms with E-state index in [1.807, 2.05) is 0 Å². The second kappa shape index (κ2) is 8.48. The molecule has 0 unspecified atom stereocenters. The number of fused-ring (bicyclic) bond motifs is 8. The minimum Gasteiger partial charge on any atom is -0.314 e. The molecule has 9 rings (SSSR count). The zero-order chi connectivity index (χ0) is 26.9. The summed E-state index contributed by atoms with van der Waals surface area (Å²) in [7, 11) is 0. The summed E-state index contributed by atoms with van der Waals surface area (Å²) in [6, 6.07) is 52.4. The number of rotatable bonds is 3. The summed E-state index contributed by atoms with van der Waals surface area (Å²) in [6.07, 6.45) is 2.19. The third kappa shape index (κ3) is 3.09. The van der Waals surface area contributed by atoms with Gasteiger partial charge in [-0.3, -0.25) is 0 Å². The maximum Gasteiger partial charge on any atom is 0.0803 e. The molecule has 0 aliphatic carbocycles. The zero-order valence-corrected chi connectivity index (χ0v) is 22.3. The van der Waals surface area contributed by atoms with Gasteiger partial charge in [-0.25, -0.2) is 0 Å². The van der Waals surface area contributed by atoms with E-state index >= 15 is 0 Å². The number of nitrogens with zero attached hydrogens (tertiary/aromatic N) is 3. The Morgan fingerprint density at radius 1 is 0.390 bits per heavy atom. The Morgan fingerprint density at radius 3 is 1.71 bits per heavy atom. The molecule has 0 N–H and O–H groups in total. The first-order chi connectivity index (χ1) is 20.4. The Labute approximate surface area is 236 Å². The maximum atomic E-state index is 2.43. The fourth-order valence-corrected chi connectivity index (χ4v) is 6.78. The van der Waals surface area contributed by atoms with E-state index < -0.39 is 0 Å². The molecule has 0 saturated heterocycles. The average Bonchev–Trinajstić information content (AvgIpc) is 3.67. The van der Waals surface area contributed by atoms with Crippen molar-refractivity contribution in [3.05, 3.63) is 152 Å². The smallest absolute Gasteiger partial charge is 0.0803 e. The second-order valence-electron chi connectivity index (χ2n) is 10.6. The van der Waals surface area contributed by atoms with Crippen molar-refractivity contribution in [2.24, 2.45) is 0 Å². The molecule has 0 spiro atoms. The van der Waals surface area contributed by atoms with Crippen molar-refractivity contribution in [2.75, 3.05) is 0 Å². The van der Waals surface area contributed by atoms with Crippen LogP contribution in [0.25, 0.3) is 71.8 Å². The molecule has 5 aromatic carbocycles. The third-order valence-corrected chi connectivity index (χ3v) is 8.43. The first-order valence-electron chi connectivity index (χ1n) is 14.0. The summed E-state index contributed by atoms with van der Waals surface area (Å²) in [4.78, 5) is 0. The molecule has 41 heavy (non-hydrogen) atoms. The van der Waals surface area contributed by atoms with Crippen LogP contribution >= 0.6 is 0 Å². The van der Waals surface area contributed by atoms with Gasteiger partial charge in [0.05, 0.1) is 33.3 Å². The molecule has 4 aromatic heterocycles. The quantitative estimate of drug-likeness (QED) is 0.219. The van der Waals surface area contributed by atoms with Crippen molar-refractivity contribution >= 4 is 49.1 Å². The van der Waals surface area contributed by atoms with Crippen LogP contribution in [-0.4, -0.2) is 13.5 Å². The molecule has 0 aliphatic heterocycles. The SMILES string of the molecule is c1ccc(-c2c3c4cc(-n5c6ccccc6c6ccccc65)ccc4n(-c4ccccc4)c3c3ccccn23)cc1. The van der Waals surface area contributed by atoms with Crippen LogP contribution in [0.3, 0.4) is 0 Å². The Kier molecular flexibility index (Phi) is 4.61. The van der Waals surface area contributed by atoms with Crippen molar-refractivity contribution < 1.29 is 0 Å². The van der Waals surface area contributed by atoms with Crippen LogP contribution in [0.4, 0.5) is 0 Å². The van der Waals surface area contributed by atoms with Crippen molar-refractivity contribution in [1.82, 2.24) is 13.5 Å². The first-order valence-corrected chi connectivity index (χ1v) is 14.0. The summed E-state index contributed by atoms with van der Waals surface area (Å²) >= 11 is 0. The normalized spacial score (nSPS) is 11.9. The number of hydrogen-bond donors (Lipinski definition) is 0. The lowest BCUT2D eigenvalue weighted by molar-refractivity contribution is 1.16. The summed E-state index contributed by atoms with van der Waals surface area (Å²) in [5.74, 6) is 0. The first kappa shape index (κ1) is 22.3. The molecular weight excluding hydrogens is 498 g/mol. The molecule has 3 nitrogen and oxygen atoms in total. The van der Waals surface area contributed by atoms with Crippen molar-refractivity contribution in [1.29, 1.82) is 0 Å². The van der Waals surface area contributed by atoms with E-state index in [4.69, 9.17) is 0 Å². The molecule has 0 aliphatic rings. The van der Waals surface area contributed by atoms with E-state index in [9.17, 15) is 0 Å². The van der Waals surface area contributed by atoms with E-state index in [0.717, 1.165) is 11.4 Å². The molecule has 0 radical (unpaired) electrons. The van der Waals surface area contributed by atoms with Gasteiger partial charge in [-0.05, 0) is 60.2 Å².